The number of nitrogens with zero attached hydrogens (tertiary/aromatic N) is 4. The summed E-state index contributed by atoms with van der Waals surface area (Å²) >= 11 is 0. The fourth-order valence-corrected chi connectivity index (χ4v) is 5.08. The van der Waals surface area contributed by atoms with Crippen LogP contribution in [0.1, 0.15) is 44.5 Å². The average molecular weight is 495 g/mol. The average Bonchev–Trinajstić information content (AvgIpc) is 3.24. The molecule has 5 rings (SSSR count). The Hall–Kier alpha value is -3.43. The van der Waals surface area contributed by atoms with Crippen molar-refractivity contribution in [3.63, 3.8) is 0 Å². The highest BCUT2D eigenvalue weighted by Crippen LogP contribution is 2.39. The first kappa shape index (κ1) is 24.3. The van der Waals surface area contributed by atoms with Crippen molar-refractivity contribution in [1.29, 1.82) is 0 Å². The number of aromatic nitrogens is 3. The summed E-state index contributed by atoms with van der Waals surface area (Å²) in [6.45, 7) is 5.66. The van der Waals surface area contributed by atoms with Gasteiger partial charge in [0.05, 0.1) is 24.1 Å². The molecule has 0 spiro atoms. The smallest absolute Gasteiger partial charge is 0.175 e. The van der Waals surface area contributed by atoms with Gasteiger partial charge in [0.25, 0.3) is 0 Å². The molecule has 7 nitrogen and oxygen atoms in total. The zero-order chi connectivity index (χ0) is 25.7. The van der Waals surface area contributed by atoms with E-state index in [1.54, 1.807) is 11.0 Å². The predicted molar refractivity (Wildman–Crippen MR) is 134 cm³/mol. The van der Waals surface area contributed by atoms with Gasteiger partial charge in [0.1, 0.15) is 34.4 Å². The Balaban J connectivity index is 1.81. The number of benzene rings is 2. The van der Waals surface area contributed by atoms with Crippen LogP contribution in [-0.4, -0.2) is 55.6 Å². The van der Waals surface area contributed by atoms with Gasteiger partial charge in [0, 0.05) is 24.2 Å². The third-order valence-corrected chi connectivity index (χ3v) is 6.83. The third-order valence-electron chi connectivity index (χ3n) is 6.83. The lowest BCUT2D eigenvalue weighted by atomic mass is 9.94. The van der Waals surface area contributed by atoms with Crippen molar-refractivity contribution in [3.8, 4) is 17.0 Å². The summed E-state index contributed by atoms with van der Waals surface area (Å²) in [6, 6.07) is 5.43. The molecule has 1 fully saturated rings. The van der Waals surface area contributed by atoms with Crippen LogP contribution in [0.2, 0.25) is 0 Å². The number of phenols is 1. The number of aliphatic hydroxyl groups is 2. The first-order valence-corrected chi connectivity index (χ1v) is 12.1. The van der Waals surface area contributed by atoms with Gasteiger partial charge in [-0.3, -0.25) is 4.98 Å². The Morgan fingerprint density at radius 1 is 1.17 bits per heavy atom. The highest BCUT2D eigenvalue weighted by Gasteiger charge is 2.33. The Morgan fingerprint density at radius 3 is 2.64 bits per heavy atom. The standard InChI is InChI=1S/C27H28F2N4O3/c1-4-18-21(28)6-5-14-7-16(35)9-19(22(14)18)24-23(29)25-20(10-30-24)27(32-26(31-25)13(2)3)33-11-17(36)8-15(33)12-34/h5-7,9-10,13,15,17,34-36H,4,8,11-12H2,1-3H3/t15-,17+/m0/s1. The van der Waals surface area contributed by atoms with E-state index < -0.39 is 17.7 Å². The summed E-state index contributed by atoms with van der Waals surface area (Å²) in [5.41, 5.74) is 0.671. The first-order valence-electron chi connectivity index (χ1n) is 12.1. The van der Waals surface area contributed by atoms with Crippen molar-refractivity contribution < 1.29 is 24.1 Å². The largest absolute Gasteiger partial charge is 0.508 e. The van der Waals surface area contributed by atoms with Crippen LogP contribution in [-0.2, 0) is 6.42 Å². The van der Waals surface area contributed by atoms with Gasteiger partial charge >= 0.3 is 0 Å². The molecule has 2 aromatic heterocycles. The number of aliphatic hydroxyl groups excluding tert-OH is 2. The molecule has 0 bridgehead atoms. The number of aryl methyl sites for hydroxylation is 1. The van der Waals surface area contributed by atoms with Gasteiger partial charge in [-0.15, -0.1) is 0 Å². The molecule has 3 N–H and O–H groups in total. The number of anilines is 1. The van der Waals surface area contributed by atoms with Crippen LogP contribution in [0.15, 0.2) is 30.5 Å². The molecular weight excluding hydrogens is 466 g/mol. The maximum Gasteiger partial charge on any atom is 0.175 e. The van der Waals surface area contributed by atoms with Crippen LogP contribution >= 0.6 is 0 Å². The molecule has 9 heteroatoms. The predicted octanol–water partition coefficient (Wildman–Crippen LogP) is 4.45. The quantitative estimate of drug-likeness (QED) is 0.377. The zero-order valence-electron chi connectivity index (χ0n) is 20.3. The summed E-state index contributed by atoms with van der Waals surface area (Å²) in [7, 11) is 0. The number of hydrogen-bond donors (Lipinski definition) is 3. The molecule has 0 radical (unpaired) electrons. The second-order valence-corrected chi connectivity index (χ2v) is 9.59. The van der Waals surface area contributed by atoms with Crippen LogP contribution in [0.4, 0.5) is 14.6 Å². The number of fused-ring (bicyclic) bond motifs is 2. The number of hydrogen-bond acceptors (Lipinski definition) is 7. The zero-order valence-corrected chi connectivity index (χ0v) is 20.3. The molecule has 0 amide bonds. The molecule has 1 saturated heterocycles. The Bertz CT molecular complexity index is 1480. The van der Waals surface area contributed by atoms with Gasteiger partial charge in [-0.1, -0.05) is 26.8 Å². The first-order chi connectivity index (χ1) is 17.2. The molecular formula is C27H28F2N4O3. The molecule has 0 saturated carbocycles. The lowest BCUT2D eigenvalue weighted by Crippen LogP contribution is -2.33. The summed E-state index contributed by atoms with van der Waals surface area (Å²) in [4.78, 5) is 15.4. The second-order valence-electron chi connectivity index (χ2n) is 9.59. The van der Waals surface area contributed by atoms with E-state index >= 15 is 4.39 Å². The fraction of sp³-hybridized carbons (Fsp3) is 0.370. The van der Waals surface area contributed by atoms with E-state index in [9.17, 15) is 19.7 Å². The molecule has 4 aromatic rings. The van der Waals surface area contributed by atoms with Crippen molar-refractivity contribution in [1.82, 2.24) is 15.0 Å². The van der Waals surface area contributed by atoms with E-state index in [0.29, 0.717) is 46.2 Å². The summed E-state index contributed by atoms with van der Waals surface area (Å²) in [5.74, 6) is -0.516. The molecule has 2 atom stereocenters. The molecule has 1 aliphatic heterocycles. The van der Waals surface area contributed by atoms with Crippen LogP contribution in [0.25, 0.3) is 32.9 Å². The van der Waals surface area contributed by atoms with Gasteiger partial charge < -0.3 is 20.2 Å². The molecule has 0 aliphatic carbocycles. The van der Waals surface area contributed by atoms with Gasteiger partial charge in [-0.05, 0) is 47.4 Å². The number of rotatable bonds is 5. The van der Waals surface area contributed by atoms with Crippen molar-refractivity contribution in [3.05, 3.63) is 53.5 Å². The lowest BCUT2D eigenvalue weighted by Gasteiger charge is -2.26. The fourth-order valence-electron chi connectivity index (χ4n) is 5.08. The van der Waals surface area contributed by atoms with E-state index in [1.807, 2.05) is 20.8 Å². The lowest BCUT2D eigenvalue weighted by molar-refractivity contribution is 0.184. The maximum absolute atomic E-state index is 16.3. The Labute approximate surface area is 207 Å². The van der Waals surface area contributed by atoms with Crippen LogP contribution < -0.4 is 4.90 Å². The highest BCUT2D eigenvalue weighted by atomic mass is 19.1. The highest BCUT2D eigenvalue weighted by molar-refractivity contribution is 6.01. The normalized spacial score (nSPS) is 18.2. The molecule has 188 valence electrons. The van der Waals surface area contributed by atoms with Crippen molar-refractivity contribution in [2.75, 3.05) is 18.1 Å². The van der Waals surface area contributed by atoms with Gasteiger partial charge in [-0.25, -0.2) is 18.7 Å². The van der Waals surface area contributed by atoms with Crippen LogP contribution in [0.3, 0.4) is 0 Å². The number of aromatic hydroxyl groups is 1. The van der Waals surface area contributed by atoms with Gasteiger partial charge in [0.15, 0.2) is 5.82 Å². The van der Waals surface area contributed by atoms with Crippen LogP contribution in [0.5, 0.6) is 5.75 Å². The summed E-state index contributed by atoms with van der Waals surface area (Å²) in [5, 5.41) is 31.9. The van der Waals surface area contributed by atoms with E-state index in [1.165, 1.54) is 24.4 Å². The molecule has 3 heterocycles. The molecule has 0 unspecified atom stereocenters. The maximum atomic E-state index is 16.3. The van der Waals surface area contributed by atoms with Crippen molar-refractivity contribution >= 4 is 27.5 Å². The molecule has 2 aromatic carbocycles. The summed E-state index contributed by atoms with van der Waals surface area (Å²) < 4.78 is 31.0. The number of phenolic OH excluding ortho intramolecular Hbond substituents is 1. The number of β-amino-alcohol motifs (C(OH)–C–C–N with tert-alkyl or cyclic N) is 1. The summed E-state index contributed by atoms with van der Waals surface area (Å²) in [6.07, 6.45) is 1.56. The topological polar surface area (TPSA) is 103 Å². The monoisotopic (exact) mass is 494 g/mol. The Kier molecular flexibility index (Phi) is 6.22. The minimum Gasteiger partial charge on any atom is -0.508 e. The van der Waals surface area contributed by atoms with Crippen molar-refractivity contribution in [2.24, 2.45) is 0 Å². The third kappa shape index (κ3) is 3.92. The molecule has 1 aliphatic rings. The van der Waals surface area contributed by atoms with E-state index in [4.69, 9.17) is 0 Å². The van der Waals surface area contributed by atoms with E-state index in [-0.39, 0.29) is 47.6 Å². The number of pyridine rings is 1. The van der Waals surface area contributed by atoms with Gasteiger partial charge in [0.2, 0.25) is 0 Å². The minimum atomic E-state index is -0.712. The van der Waals surface area contributed by atoms with E-state index in [0.717, 1.165) is 0 Å². The van der Waals surface area contributed by atoms with Gasteiger partial charge in [-0.2, -0.15) is 0 Å². The Morgan fingerprint density at radius 2 is 1.94 bits per heavy atom. The van der Waals surface area contributed by atoms with E-state index in [2.05, 4.69) is 15.0 Å². The number of halogens is 2. The minimum absolute atomic E-state index is 0.0396. The van der Waals surface area contributed by atoms with Crippen molar-refractivity contribution in [2.45, 2.75) is 51.7 Å². The molecule has 36 heavy (non-hydrogen) atoms. The SMILES string of the molecule is CCc1c(F)ccc2cc(O)cc(-c3ncc4c(N5C[C@H](O)C[C@H]5CO)nc(C(C)C)nc4c3F)c12. The van der Waals surface area contributed by atoms with Crippen LogP contribution in [0, 0.1) is 11.6 Å². The second kappa shape index (κ2) is 9.22.